The zero-order chi connectivity index (χ0) is 13.1. The fourth-order valence-electron chi connectivity index (χ4n) is 1.59. The van der Waals surface area contributed by atoms with Gasteiger partial charge in [-0.05, 0) is 24.6 Å². The van der Waals surface area contributed by atoms with E-state index in [2.05, 4.69) is 10.3 Å². The summed E-state index contributed by atoms with van der Waals surface area (Å²) in [6.45, 7) is 1.92. The van der Waals surface area contributed by atoms with Gasteiger partial charge in [0.25, 0.3) is 0 Å². The molecule has 0 spiro atoms. The van der Waals surface area contributed by atoms with Gasteiger partial charge in [-0.25, -0.2) is 4.98 Å². The first-order valence-corrected chi connectivity index (χ1v) is 6.58. The van der Waals surface area contributed by atoms with E-state index < -0.39 is 0 Å². The zero-order valence-corrected chi connectivity index (χ0v) is 11.9. The summed E-state index contributed by atoms with van der Waals surface area (Å²) in [6.07, 6.45) is 1.54. The van der Waals surface area contributed by atoms with E-state index in [1.165, 1.54) is 0 Å². The molecule has 0 bridgehead atoms. The number of nitrogens with zero attached hydrogens (tertiary/aromatic N) is 1. The number of hydrogen-bond acceptors (Lipinski definition) is 2. The smallest absolute Gasteiger partial charge is 0.149 e. The van der Waals surface area contributed by atoms with Gasteiger partial charge in [-0.2, -0.15) is 0 Å². The zero-order valence-electron chi connectivity index (χ0n) is 9.62. The molecule has 2 aromatic rings. The summed E-state index contributed by atoms with van der Waals surface area (Å²) < 4.78 is 0. The molecular weight excluding hydrogens is 291 g/mol. The van der Waals surface area contributed by atoms with Crippen molar-refractivity contribution in [3.8, 4) is 0 Å². The fraction of sp³-hybridized carbons (Fsp3) is 0.154. The number of aromatic nitrogens is 1. The number of hydrogen-bond donors (Lipinski definition) is 1. The van der Waals surface area contributed by atoms with E-state index in [0.717, 1.165) is 11.3 Å². The molecule has 18 heavy (non-hydrogen) atoms. The van der Waals surface area contributed by atoms with Crippen molar-refractivity contribution in [3.63, 3.8) is 0 Å². The molecule has 1 N–H and O–H groups in total. The minimum Gasteiger partial charge on any atom is -0.339 e. The molecule has 0 aliphatic heterocycles. The molecule has 1 aromatic carbocycles. The van der Waals surface area contributed by atoms with Crippen LogP contribution in [0.25, 0.3) is 0 Å². The number of para-hydroxylation sites is 1. The van der Waals surface area contributed by atoms with E-state index in [1.54, 1.807) is 12.3 Å². The second-order valence-corrected chi connectivity index (χ2v) is 5.31. The highest BCUT2D eigenvalue weighted by molar-refractivity contribution is 6.36. The van der Waals surface area contributed by atoms with E-state index in [-0.39, 0.29) is 5.38 Å². The third-order valence-corrected chi connectivity index (χ3v) is 3.18. The maximum atomic E-state index is 6.13. The summed E-state index contributed by atoms with van der Waals surface area (Å²) in [5, 5.41) is 4.04. The van der Waals surface area contributed by atoms with Crippen LogP contribution >= 0.6 is 34.8 Å². The van der Waals surface area contributed by atoms with Crippen LogP contribution in [0.1, 0.15) is 17.9 Å². The van der Waals surface area contributed by atoms with Gasteiger partial charge in [-0.15, -0.1) is 11.6 Å². The van der Waals surface area contributed by atoms with Crippen LogP contribution in [0.15, 0.2) is 36.5 Å². The number of pyridine rings is 1. The average Bonchev–Trinajstić information content (AvgIpc) is 2.33. The van der Waals surface area contributed by atoms with Crippen molar-refractivity contribution in [3.05, 3.63) is 52.1 Å². The van der Waals surface area contributed by atoms with Crippen molar-refractivity contribution in [1.82, 2.24) is 4.98 Å². The minimum atomic E-state index is -0.0974. The van der Waals surface area contributed by atoms with E-state index in [4.69, 9.17) is 34.8 Å². The number of rotatable bonds is 3. The topological polar surface area (TPSA) is 24.9 Å². The van der Waals surface area contributed by atoms with Crippen molar-refractivity contribution < 1.29 is 0 Å². The minimum absolute atomic E-state index is 0.0974. The van der Waals surface area contributed by atoms with Gasteiger partial charge in [-0.3, -0.25) is 0 Å². The maximum absolute atomic E-state index is 6.13. The molecule has 0 radical (unpaired) electrons. The number of halogens is 3. The first kappa shape index (κ1) is 13.5. The van der Waals surface area contributed by atoms with Gasteiger partial charge in [0, 0.05) is 11.9 Å². The third kappa shape index (κ3) is 3.08. The molecule has 1 unspecified atom stereocenters. The molecular formula is C13H11Cl3N2. The Morgan fingerprint density at radius 3 is 2.61 bits per heavy atom. The average molecular weight is 302 g/mol. The van der Waals surface area contributed by atoms with Crippen LogP contribution < -0.4 is 5.32 Å². The summed E-state index contributed by atoms with van der Waals surface area (Å²) in [6, 6.07) is 9.40. The lowest BCUT2D eigenvalue weighted by molar-refractivity contribution is 1.08. The highest BCUT2D eigenvalue weighted by Crippen LogP contribution is 2.31. The number of benzene rings is 1. The van der Waals surface area contributed by atoms with Gasteiger partial charge < -0.3 is 5.32 Å². The Morgan fingerprint density at radius 1 is 1.22 bits per heavy atom. The Kier molecular flexibility index (Phi) is 4.33. The maximum Gasteiger partial charge on any atom is 0.149 e. The molecule has 2 rings (SSSR count). The number of alkyl halides is 1. The van der Waals surface area contributed by atoms with Crippen molar-refractivity contribution in [2.75, 3.05) is 5.32 Å². The molecule has 0 amide bonds. The van der Waals surface area contributed by atoms with Crippen molar-refractivity contribution >= 4 is 46.3 Å². The summed E-state index contributed by atoms with van der Waals surface area (Å²) in [5.41, 5.74) is 1.88. The third-order valence-electron chi connectivity index (χ3n) is 2.45. The lowest BCUT2D eigenvalue weighted by Gasteiger charge is -2.13. The molecule has 94 valence electrons. The highest BCUT2D eigenvalue weighted by Gasteiger charge is 2.09. The Labute approximate surface area is 121 Å². The van der Waals surface area contributed by atoms with Crippen LogP contribution in [-0.2, 0) is 0 Å². The molecule has 1 aromatic heterocycles. The largest absolute Gasteiger partial charge is 0.339 e. The SMILES string of the molecule is CC(Cl)c1ccccc1Nc1ncc(Cl)cc1Cl. The van der Waals surface area contributed by atoms with Gasteiger partial charge in [-0.1, -0.05) is 41.4 Å². The van der Waals surface area contributed by atoms with E-state index in [1.807, 2.05) is 31.2 Å². The second-order valence-electron chi connectivity index (χ2n) is 3.81. The van der Waals surface area contributed by atoms with Gasteiger partial charge in [0.15, 0.2) is 0 Å². The Bertz CT molecular complexity index is 556. The first-order chi connectivity index (χ1) is 8.58. The van der Waals surface area contributed by atoms with Crippen LogP contribution in [0.2, 0.25) is 10.0 Å². The quantitative estimate of drug-likeness (QED) is 0.764. The standard InChI is InChI=1S/C13H11Cl3N2/c1-8(14)10-4-2-3-5-12(10)18-13-11(16)6-9(15)7-17-13/h2-8H,1H3,(H,17,18). The lowest BCUT2D eigenvalue weighted by atomic mass is 10.1. The van der Waals surface area contributed by atoms with Crippen LogP contribution in [-0.4, -0.2) is 4.98 Å². The van der Waals surface area contributed by atoms with Crippen LogP contribution in [0.4, 0.5) is 11.5 Å². The lowest BCUT2D eigenvalue weighted by Crippen LogP contribution is -1.98. The van der Waals surface area contributed by atoms with Crippen LogP contribution in [0.3, 0.4) is 0 Å². The molecule has 2 nitrogen and oxygen atoms in total. The molecule has 0 fully saturated rings. The predicted octanol–water partition coefficient (Wildman–Crippen LogP) is 5.43. The van der Waals surface area contributed by atoms with Crippen molar-refractivity contribution in [2.45, 2.75) is 12.3 Å². The molecule has 1 atom stereocenters. The van der Waals surface area contributed by atoms with E-state index in [0.29, 0.717) is 15.9 Å². The van der Waals surface area contributed by atoms with Crippen LogP contribution in [0.5, 0.6) is 0 Å². The Hall–Kier alpha value is -0.960. The molecule has 1 heterocycles. The van der Waals surface area contributed by atoms with E-state index >= 15 is 0 Å². The van der Waals surface area contributed by atoms with E-state index in [9.17, 15) is 0 Å². The molecule has 5 heteroatoms. The monoisotopic (exact) mass is 300 g/mol. The summed E-state index contributed by atoms with van der Waals surface area (Å²) in [7, 11) is 0. The van der Waals surface area contributed by atoms with Gasteiger partial charge in [0.1, 0.15) is 5.82 Å². The fourth-order valence-corrected chi connectivity index (χ4v) is 2.21. The molecule has 0 aliphatic carbocycles. The number of anilines is 2. The first-order valence-electron chi connectivity index (χ1n) is 5.39. The summed E-state index contributed by atoms with van der Waals surface area (Å²) in [5.74, 6) is 0.561. The van der Waals surface area contributed by atoms with Gasteiger partial charge >= 0.3 is 0 Å². The number of nitrogens with one attached hydrogen (secondary N) is 1. The highest BCUT2D eigenvalue weighted by atomic mass is 35.5. The van der Waals surface area contributed by atoms with Gasteiger partial charge in [0.05, 0.1) is 15.4 Å². The van der Waals surface area contributed by atoms with Crippen LogP contribution in [0, 0.1) is 0 Å². The molecule has 0 aliphatic rings. The van der Waals surface area contributed by atoms with Gasteiger partial charge in [0.2, 0.25) is 0 Å². The molecule has 0 saturated heterocycles. The normalized spacial score (nSPS) is 12.2. The molecule has 0 saturated carbocycles. The second kappa shape index (κ2) is 5.79. The Balaban J connectivity index is 2.34. The van der Waals surface area contributed by atoms with Crippen molar-refractivity contribution in [1.29, 1.82) is 0 Å². The summed E-state index contributed by atoms with van der Waals surface area (Å²) in [4.78, 5) is 4.16. The summed E-state index contributed by atoms with van der Waals surface area (Å²) >= 11 is 18.0. The Morgan fingerprint density at radius 2 is 1.94 bits per heavy atom. The predicted molar refractivity (Wildman–Crippen MR) is 78.2 cm³/mol. The van der Waals surface area contributed by atoms with Crippen molar-refractivity contribution in [2.24, 2.45) is 0 Å².